The van der Waals surface area contributed by atoms with Crippen LogP contribution in [0.25, 0.3) is 0 Å². The van der Waals surface area contributed by atoms with Crippen LogP contribution in [0.5, 0.6) is 0 Å². The van der Waals surface area contributed by atoms with Gasteiger partial charge in [0.15, 0.2) is 0 Å². The number of fused-ring (bicyclic) bond motifs is 1. The second-order valence-electron chi connectivity index (χ2n) is 9.51. The van der Waals surface area contributed by atoms with Gasteiger partial charge in [-0.05, 0) is 65.7 Å². The number of carbonyl (C=O) groups excluding carboxylic acids is 3. The van der Waals surface area contributed by atoms with E-state index in [0.717, 1.165) is 18.2 Å². The van der Waals surface area contributed by atoms with E-state index in [9.17, 15) is 27.6 Å². The summed E-state index contributed by atoms with van der Waals surface area (Å²) >= 11 is 12.2. The molecule has 1 atom stereocenters. The van der Waals surface area contributed by atoms with Gasteiger partial charge in [0.25, 0.3) is 11.8 Å². The fourth-order valence-electron chi connectivity index (χ4n) is 4.52. The molecule has 214 valence electrons. The minimum atomic E-state index is -4.67. The Hall–Kier alpha value is -4.41. The summed E-state index contributed by atoms with van der Waals surface area (Å²) in [6.07, 6.45) is -3.11. The standard InChI is InChI=1S/C30H21Cl2F3N4O3/c31-22-11-6-18(13-23(22)32)14-25-28(41)37-24-15-20(30(33,34)35)9-10-21(24)29(42)39(25)16-17-4-7-19(8-5-17)27(40)38-26-3-1-2-12-36-26/h1-13,15,25H,14,16H2,(H,37,41)(H,36,38,40)/t25-/m1/s1. The number of pyridine rings is 1. The van der Waals surface area contributed by atoms with Gasteiger partial charge in [-0.25, -0.2) is 4.98 Å². The van der Waals surface area contributed by atoms with Gasteiger partial charge in [-0.2, -0.15) is 13.2 Å². The monoisotopic (exact) mass is 612 g/mol. The molecule has 2 heterocycles. The molecular formula is C30H21Cl2F3N4O3. The number of carbonyl (C=O) groups is 3. The lowest BCUT2D eigenvalue weighted by Crippen LogP contribution is -2.46. The Kier molecular flexibility index (Phi) is 8.20. The summed E-state index contributed by atoms with van der Waals surface area (Å²) in [6, 6.07) is 17.8. The molecule has 1 aromatic heterocycles. The summed E-state index contributed by atoms with van der Waals surface area (Å²) in [5, 5.41) is 5.74. The lowest BCUT2D eigenvalue weighted by Gasteiger charge is -2.29. The van der Waals surface area contributed by atoms with Crippen molar-refractivity contribution in [3.63, 3.8) is 0 Å². The maximum absolute atomic E-state index is 13.8. The predicted molar refractivity (Wildman–Crippen MR) is 153 cm³/mol. The minimum Gasteiger partial charge on any atom is -0.324 e. The van der Waals surface area contributed by atoms with Crippen molar-refractivity contribution in [2.24, 2.45) is 0 Å². The molecule has 0 spiro atoms. The van der Waals surface area contributed by atoms with Crippen LogP contribution in [0.1, 0.15) is 37.4 Å². The molecule has 5 rings (SSSR count). The molecule has 3 amide bonds. The van der Waals surface area contributed by atoms with Crippen molar-refractivity contribution in [3.05, 3.63) is 123 Å². The fourth-order valence-corrected chi connectivity index (χ4v) is 4.84. The molecule has 1 aliphatic heterocycles. The highest BCUT2D eigenvalue weighted by Gasteiger charge is 2.38. The van der Waals surface area contributed by atoms with Gasteiger partial charge in [-0.3, -0.25) is 14.4 Å². The van der Waals surface area contributed by atoms with Crippen LogP contribution >= 0.6 is 23.2 Å². The van der Waals surface area contributed by atoms with E-state index < -0.39 is 35.5 Å². The van der Waals surface area contributed by atoms with Gasteiger partial charge in [-0.1, -0.05) is 47.5 Å². The van der Waals surface area contributed by atoms with E-state index in [1.54, 1.807) is 66.9 Å². The first kappa shape index (κ1) is 29.1. The fraction of sp³-hybridized carbons (Fsp3) is 0.133. The summed E-state index contributed by atoms with van der Waals surface area (Å²) < 4.78 is 40.2. The lowest BCUT2D eigenvalue weighted by atomic mass is 10.0. The molecule has 0 unspecified atom stereocenters. The molecule has 1 aliphatic rings. The zero-order valence-corrected chi connectivity index (χ0v) is 23.1. The van der Waals surface area contributed by atoms with Crippen LogP contribution in [0.4, 0.5) is 24.7 Å². The second-order valence-corrected chi connectivity index (χ2v) is 10.3. The van der Waals surface area contributed by atoms with Crippen molar-refractivity contribution in [1.29, 1.82) is 0 Å². The third-order valence-corrected chi connectivity index (χ3v) is 7.40. The minimum absolute atomic E-state index is 0.0130. The number of benzene rings is 3. The molecule has 0 bridgehead atoms. The highest BCUT2D eigenvalue weighted by molar-refractivity contribution is 6.42. The number of aromatic nitrogens is 1. The SMILES string of the molecule is O=C(Nc1ccccn1)c1ccc(CN2C(=O)c3ccc(C(F)(F)F)cc3NC(=O)[C@H]2Cc2ccc(Cl)c(Cl)c2)cc1. The topological polar surface area (TPSA) is 91.4 Å². The Balaban J connectivity index is 1.46. The number of alkyl halides is 3. The average Bonchev–Trinajstić information content (AvgIpc) is 3.05. The third-order valence-electron chi connectivity index (χ3n) is 6.66. The van der Waals surface area contributed by atoms with E-state index in [1.807, 2.05) is 0 Å². The smallest absolute Gasteiger partial charge is 0.324 e. The largest absolute Gasteiger partial charge is 0.416 e. The maximum atomic E-state index is 13.8. The molecule has 42 heavy (non-hydrogen) atoms. The van der Waals surface area contributed by atoms with Gasteiger partial charge in [-0.15, -0.1) is 0 Å². The van der Waals surface area contributed by atoms with E-state index in [1.165, 1.54) is 4.90 Å². The number of hydrogen-bond acceptors (Lipinski definition) is 4. The molecule has 3 aromatic carbocycles. The van der Waals surface area contributed by atoms with Gasteiger partial charge in [0.05, 0.1) is 26.9 Å². The van der Waals surface area contributed by atoms with Crippen LogP contribution in [0.2, 0.25) is 10.0 Å². The van der Waals surface area contributed by atoms with E-state index in [2.05, 4.69) is 15.6 Å². The number of nitrogens with one attached hydrogen (secondary N) is 2. The molecule has 0 saturated carbocycles. The number of anilines is 2. The van der Waals surface area contributed by atoms with Crippen LogP contribution in [0, 0.1) is 0 Å². The van der Waals surface area contributed by atoms with Gasteiger partial charge in [0.2, 0.25) is 5.91 Å². The van der Waals surface area contributed by atoms with Gasteiger partial charge in [0, 0.05) is 24.7 Å². The normalized spacial score (nSPS) is 15.1. The number of hydrogen-bond donors (Lipinski definition) is 2. The Morgan fingerprint density at radius 2 is 1.67 bits per heavy atom. The molecule has 0 radical (unpaired) electrons. The van der Waals surface area contributed by atoms with Gasteiger partial charge < -0.3 is 15.5 Å². The lowest BCUT2D eigenvalue weighted by molar-refractivity contribution is -0.137. The summed E-state index contributed by atoms with van der Waals surface area (Å²) in [6.45, 7) is -0.0686. The number of halogens is 5. The number of nitrogens with zero attached hydrogens (tertiary/aromatic N) is 2. The first-order valence-corrected chi connectivity index (χ1v) is 13.3. The van der Waals surface area contributed by atoms with Crippen LogP contribution in [-0.2, 0) is 23.9 Å². The second kappa shape index (κ2) is 11.8. The third kappa shape index (κ3) is 6.40. The zero-order chi connectivity index (χ0) is 30.0. The zero-order valence-electron chi connectivity index (χ0n) is 21.6. The van der Waals surface area contributed by atoms with Crippen molar-refractivity contribution in [3.8, 4) is 0 Å². The van der Waals surface area contributed by atoms with E-state index >= 15 is 0 Å². The summed E-state index contributed by atoms with van der Waals surface area (Å²) in [5.74, 6) is -1.32. The average molecular weight is 613 g/mol. The van der Waals surface area contributed by atoms with Gasteiger partial charge in [0.1, 0.15) is 11.9 Å². The Labute approximate surface area is 248 Å². The molecule has 0 aliphatic carbocycles. The first-order valence-electron chi connectivity index (χ1n) is 12.6. The Morgan fingerprint density at radius 3 is 2.33 bits per heavy atom. The predicted octanol–water partition coefficient (Wildman–Crippen LogP) is 6.87. The van der Waals surface area contributed by atoms with Crippen LogP contribution < -0.4 is 10.6 Å². The summed E-state index contributed by atoms with van der Waals surface area (Å²) in [5.41, 5.74) is 0.193. The van der Waals surface area contributed by atoms with Crippen molar-refractivity contribution in [1.82, 2.24) is 9.88 Å². The Morgan fingerprint density at radius 1 is 0.929 bits per heavy atom. The van der Waals surface area contributed by atoms with Crippen LogP contribution in [-0.4, -0.2) is 33.6 Å². The van der Waals surface area contributed by atoms with Crippen molar-refractivity contribution in [2.45, 2.75) is 25.2 Å². The van der Waals surface area contributed by atoms with Crippen molar-refractivity contribution >= 4 is 52.4 Å². The molecule has 0 saturated heterocycles. The van der Waals surface area contributed by atoms with Crippen molar-refractivity contribution in [2.75, 3.05) is 10.6 Å². The number of rotatable bonds is 6. The molecule has 2 N–H and O–H groups in total. The van der Waals surface area contributed by atoms with Gasteiger partial charge >= 0.3 is 6.18 Å². The van der Waals surface area contributed by atoms with E-state index in [0.29, 0.717) is 27.5 Å². The maximum Gasteiger partial charge on any atom is 0.416 e. The molecule has 4 aromatic rings. The molecular weight excluding hydrogens is 592 g/mol. The van der Waals surface area contributed by atoms with Crippen LogP contribution in [0.15, 0.2) is 85.1 Å². The number of amides is 3. The quantitative estimate of drug-likeness (QED) is 0.249. The van der Waals surface area contributed by atoms with E-state index in [4.69, 9.17) is 23.2 Å². The van der Waals surface area contributed by atoms with Crippen molar-refractivity contribution < 1.29 is 27.6 Å². The van der Waals surface area contributed by atoms with E-state index in [-0.39, 0.29) is 29.2 Å². The molecule has 12 heteroatoms. The highest BCUT2D eigenvalue weighted by atomic mass is 35.5. The molecule has 0 fully saturated rings. The summed E-state index contributed by atoms with van der Waals surface area (Å²) in [4.78, 5) is 45.2. The first-order chi connectivity index (χ1) is 20.0. The summed E-state index contributed by atoms with van der Waals surface area (Å²) in [7, 11) is 0. The Bertz CT molecular complexity index is 1670. The molecule has 7 nitrogen and oxygen atoms in total. The highest BCUT2D eigenvalue weighted by Crippen LogP contribution is 2.35. The van der Waals surface area contributed by atoms with Crippen LogP contribution in [0.3, 0.4) is 0 Å².